The summed E-state index contributed by atoms with van der Waals surface area (Å²) in [7, 11) is 0. The van der Waals surface area contributed by atoms with E-state index in [2.05, 4.69) is 170 Å². The Kier molecular flexibility index (Phi) is 5.82. The molecule has 10 rings (SSSR count). The minimum Gasteiger partial charge on any atom is -0.457 e. The number of ether oxygens (including phenoxy) is 1. The van der Waals surface area contributed by atoms with Gasteiger partial charge in [-0.25, -0.2) is 4.98 Å². The third-order valence-corrected chi connectivity index (χ3v) is 10.2. The van der Waals surface area contributed by atoms with Gasteiger partial charge in [0.2, 0.25) is 0 Å². The van der Waals surface area contributed by atoms with Crippen LogP contribution < -0.4 is 4.74 Å². The molecule has 0 unspecified atom stereocenters. The van der Waals surface area contributed by atoms with Crippen LogP contribution in [0.5, 0.6) is 11.5 Å². The van der Waals surface area contributed by atoms with Crippen LogP contribution in [0, 0.1) is 0 Å². The van der Waals surface area contributed by atoms with Crippen molar-refractivity contribution in [3.63, 3.8) is 0 Å². The van der Waals surface area contributed by atoms with Gasteiger partial charge in [-0.15, -0.1) is 0 Å². The molecule has 0 fully saturated rings. The molecular formula is C46H29NO. The van der Waals surface area contributed by atoms with E-state index in [1.165, 1.54) is 38.9 Å². The van der Waals surface area contributed by atoms with Gasteiger partial charge in [0.1, 0.15) is 11.5 Å². The van der Waals surface area contributed by atoms with Crippen molar-refractivity contribution in [2.45, 2.75) is 5.41 Å². The molecule has 8 aromatic rings. The number of para-hydroxylation sites is 1. The Labute approximate surface area is 279 Å². The summed E-state index contributed by atoms with van der Waals surface area (Å²) in [4.78, 5) is 5.04. The van der Waals surface area contributed by atoms with Crippen molar-refractivity contribution in [3.8, 4) is 56.1 Å². The van der Waals surface area contributed by atoms with Crippen molar-refractivity contribution in [2.75, 3.05) is 0 Å². The number of benzene rings is 7. The highest BCUT2D eigenvalue weighted by atomic mass is 16.5. The Bertz CT molecular complexity index is 2500. The van der Waals surface area contributed by atoms with E-state index in [4.69, 9.17) is 9.72 Å². The molecule has 0 amide bonds. The molecule has 1 aliphatic carbocycles. The Balaban J connectivity index is 1.14. The molecule has 224 valence electrons. The van der Waals surface area contributed by atoms with Crippen LogP contribution in [0.4, 0.5) is 0 Å². The van der Waals surface area contributed by atoms with E-state index in [9.17, 15) is 0 Å². The molecule has 1 aromatic heterocycles. The maximum Gasteiger partial charge on any atom is 0.132 e. The number of rotatable bonds is 3. The summed E-state index contributed by atoms with van der Waals surface area (Å²) in [6.45, 7) is 0. The first-order valence-corrected chi connectivity index (χ1v) is 16.5. The van der Waals surface area contributed by atoms with Gasteiger partial charge in [0, 0.05) is 22.1 Å². The lowest BCUT2D eigenvalue weighted by molar-refractivity contribution is 0.436. The van der Waals surface area contributed by atoms with Crippen molar-refractivity contribution in [1.29, 1.82) is 0 Å². The molecule has 0 atom stereocenters. The molecule has 0 saturated carbocycles. The Hall–Kier alpha value is -6.25. The smallest absolute Gasteiger partial charge is 0.132 e. The van der Waals surface area contributed by atoms with Gasteiger partial charge in [0.15, 0.2) is 0 Å². The lowest BCUT2D eigenvalue weighted by Gasteiger charge is -2.39. The zero-order chi connectivity index (χ0) is 31.7. The standard InChI is InChI=1S/C46H29NO/c1-2-12-30(13-3-1)42-26-25-37-34(18-11-22-43(37)47-42)33-15-10-14-31(28-33)32-24-27-45-41(29-32)46(40-21-8-9-23-44(40)48-45)38-19-6-4-16-35(38)36-17-5-7-20-39(36)46/h1-29H. The highest BCUT2D eigenvalue weighted by molar-refractivity contribution is 5.96. The molecule has 0 N–H and O–H groups in total. The van der Waals surface area contributed by atoms with Crippen molar-refractivity contribution >= 4 is 10.9 Å². The van der Waals surface area contributed by atoms with E-state index in [1.54, 1.807) is 0 Å². The second-order valence-corrected chi connectivity index (χ2v) is 12.7. The van der Waals surface area contributed by atoms with Crippen molar-refractivity contribution in [1.82, 2.24) is 4.98 Å². The summed E-state index contributed by atoms with van der Waals surface area (Å²) >= 11 is 0. The van der Waals surface area contributed by atoms with E-state index in [1.807, 2.05) is 6.07 Å². The van der Waals surface area contributed by atoms with Gasteiger partial charge in [-0.3, -0.25) is 0 Å². The lowest BCUT2D eigenvalue weighted by Crippen LogP contribution is -2.32. The molecule has 1 spiro atoms. The maximum atomic E-state index is 6.66. The van der Waals surface area contributed by atoms with E-state index < -0.39 is 5.41 Å². The third kappa shape index (κ3) is 3.84. The number of aromatic nitrogens is 1. The number of hydrogen-bond acceptors (Lipinski definition) is 2. The van der Waals surface area contributed by atoms with Crippen LogP contribution in [-0.2, 0) is 5.41 Å². The van der Waals surface area contributed by atoms with Gasteiger partial charge < -0.3 is 4.74 Å². The van der Waals surface area contributed by atoms with Gasteiger partial charge in [0.05, 0.1) is 16.6 Å². The first-order valence-electron chi connectivity index (χ1n) is 16.5. The second kappa shape index (κ2) is 10.4. The molecule has 2 aliphatic rings. The van der Waals surface area contributed by atoms with Gasteiger partial charge in [0.25, 0.3) is 0 Å². The largest absolute Gasteiger partial charge is 0.457 e. The molecule has 2 heteroatoms. The molecular weight excluding hydrogens is 583 g/mol. The number of hydrogen-bond donors (Lipinski definition) is 0. The molecule has 48 heavy (non-hydrogen) atoms. The highest BCUT2D eigenvalue weighted by Crippen LogP contribution is 2.62. The fourth-order valence-electron chi connectivity index (χ4n) is 8.08. The highest BCUT2D eigenvalue weighted by Gasteiger charge is 2.50. The van der Waals surface area contributed by atoms with Gasteiger partial charge in [-0.2, -0.15) is 0 Å². The zero-order valence-corrected chi connectivity index (χ0v) is 26.1. The number of pyridine rings is 1. The minimum atomic E-state index is -0.483. The van der Waals surface area contributed by atoms with Gasteiger partial charge >= 0.3 is 0 Å². The summed E-state index contributed by atoms with van der Waals surface area (Å²) in [6.07, 6.45) is 0. The predicted molar refractivity (Wildman–Crippen MR) is 195 cm³/mol. The first-order chi connectivity index (χ1) is 23.8. The minimum absolute atomic E-state index is 0.483. The SMILES string of the molecule is c1ccc(-c2ccc3c(-c4cccc(-c5ccc6c(c5)C5(c7ccccc7O6)c6ccccc6-c6ccccc65)c4)cccc3n2)cc1. The van der Waals surface area contributed by atoms with E-state index in [-0.39, 0.29) is 0 Å². The van der Waals surface area contributed by atoms with Crippen LogP contribution in [-0.4, -0.2) is 4.98 Å². The second-order valence-electron chi connectivity index (χ2n) is 12.7. The molecule has 0 bridgehead atoms. The van der Waals surface area contributed by atoms with Gasteiger partial charge in [-0.05, 0) is 80.9 Å². The van der Waals surface area contributed by atoms with Crippen LogP contribution in [0.25, 0.3) is 55.5 Å². The number of nitrogens with zero attached hydrogens (tertiary/aromatic N) is 1. The fourth-order valence-corrected chi connectivity index (χ4v) is 8.08. The average Bonchev–Trinajstić information content (AvgIpc) is 3.45. The molecule has 1 aliphatic heterocycles. The lowest BCUT2D eigenvalue weighted by atomic mass is 9.66. The van der Waals surface area contributed by atoms with Crippen LogP contribution in [0.15, 0.2) is 176 Å². The maximum absolute atomic E-state index is 6.66. The summed E-state index contributed by atoms with van der Waals surface area (Å²) in [6, 6.07) is 63.0. The average molecular weight is 612 g/mol. The monoisotopic (exact) mass is 611 g/mol. The Morgan fingerprint density at radius 2 is 0.979 bits per heavy atom. The van der Waals surface area contributed by atoms with Crippen LogP contribution in [0.2, 0.25) is 0 Å². The van der Waals surface area contributed by atoms with Crippen molar-refractivity contribution in [2.24, 2.45) is 0 Å². The predicted octanol–water partition coefficient (Wildman–Crippen LogP) is 11.7. The number of fused-ring (bicyclic) bond motifs is 10. The van der Waals surface area contributed by atoms with Crippen molar-refractivity contribution in [3.05, 3.63) is 198 Å². The molecule has 7 aromatic carbocycles. The summed E-state index contributed by atoms with van der Waals surface area (Å²) < 4.78 is 6.66. The quantitative estimate of drug-likeness (QED) is 0.198. The normalized spacial score (nSPS) is 13.3. The van der Waals surface area contributed by atoms with Crippen LogP contribution >= 0.6 is 0 Å². The topological polar surface area (TPSA) is 22.1 Å². The Morgan fingerprint density at radius 1 is 0.375 bits per heavy atom. The zero-order valence-electron chi connectivity index (χ0n) is 26.1. The van der Waals surface area contributed by atoms with E-state index in [0.717, 1.165) is 50.3 Å². The van der Waals surface area contributed by atoms with Gasteiger partial charge in [-0.1, -0.05) is 140 Å². The fraction of sp³-hybridized carbons (Fsp3) is 0.0217. The third-order valence-electron chi connectivity index (χ3n) is 10.2. The molecule has 0 saturated heterocycles. The van der Waals surface area contributed by atoms with E-state index >= 15 is 0 Å². The van der Waals surface area contributed by atoms with Crippen LogP contribution in [0.1, 0.15) is 22.3 Å². The Morgan fingerprint density at radius 3 is 1.79 bits per heavy atom. The molecule has 0 radical (unpaired) electrons. The summed E-state index contributed by atoms with van der Waals surface area (Å²) in [5.74, 6) is 1.81. The molecule has 2 nitrogen and oxygen atoms in total. The molecule has 2 heterocycles. The summed E-state index contributed by atoms with van der Waals surface area (Å²) in [5.41, 5.74) is 14.8. The summed E-state index contributed by atoms with van der Waals surface area (Å²) in [5, 5.41) is 1.14. The van der Waals surface area contributed by atoms with Crippen LogP contribution in [0.3, 0.4) is 0 Å². The first kappa shape index (κ1) is 26.9. The van der Waals surface area contributed by atoms with Crippen molar-refractivity contribution < 1.29 is 4.74 Å². The van der Waals surface area contributed by atoms with E-state index in [0.29, 0.717) is 0 Å².